The predicted molar refractivity (Wildman–Crippen MR) is 85.1 cm³/mol. The summed E-state index contributed by atoms with van der Waals surface area (Å²) in [6.45, 7) is 10.1. The minimum atomic E-state index is -0.456. The molecule has 0 aromatic heterocycles. The summed E-state index contributed by atoms with van der Waals surface area (Å²) in [7, 11) is 0. The van der Waals surface area contributed by atoms with Gasteiger partial charge < -0.3 is 4.74 Å². The van der Waals surface area contributed by atoms with Gasteiger partial charge in [0.2, 0.25) is 0 Å². The number of rotatable bonds is 2. The zero-order chi connectivity index (χ0) is 15.6. The predicted octanol–water partition coefficient (Wildman–Crippen LogP) is 4.78. The lowest BCUT2D eigenvalue weighted by atomic mass is 10.0. The van der Waals surface area contributed by atoms with E-state index >= 15 is 0 Å². The summed E-state index contributed by atoms with van der Waals surface area (Å²) in [6.07, 6.45) is 1.86. The molecule has 1 amide bonds. The first-order valence-electron chi connectivity index (χ1n) is 7.86. The second-order valence-electron chi connectivity index (χ2n) is 7.20. The molecule has 116 valence electrons. The van der Waals surface area contributed by atoms with Gasteiger partial charge in [0.25, 0.3) is 0 Å². The van der Waals surface area contributed by atoms with Crippen molar-refractivity contribution in [2.45, 2.75) is 65.1 Å². The highest BCUT2D eigenvalue weighted by molar-refractivity contribution is 5.70. The maximum atomic E-state index is 12.7. The molecule has 1 aliphatic rings. The summed E-state index contributed by atoms with van der Waals surface area (Å²) < 4.78 is 5.64. The largest absolute Gasteiger partial charge is 0.444 e. The van der Waals surface area contributed by atoms with Gasteiger partial charge in [-0.2, -0.15) is 0 Å². The number of benzene rings is 1. The number of likely N-dealkylation sites (tertiary alicyclic amines) is 1. The quantitative estimate of drug-likeness (QED) is 0.784. The van der Waals surface area contributed by atoms with Crippen molar-refractivity contribution in [1.82, 2.24) is 4.90 Å². The lowest BCUT2D eigenvalue weighted by molar-refractivity contribution is 0.0102. The molecule has 1 aliphatic heterocycles. The molecule has 1 aromatic rings. The molecule has 2 atom stereocenters. The summed E-state index contributed by atoms with van der Waals surface area (Å²) in [5, 5.41) is 0. The summed E-state index contributed by atoms with van der Waals surface area (Å²) >= 11 is 0. The highest BCUT2D eigenvalue weighted by atomic mass is 16.6. The van der Waals surface area contributed by atoms with Crippen LogP contribution >= 0.6 is 0 Å². The first kappa shape index (κ1) is 15.9. The number of ether oxygens (including phenoxy) is 1. The smallest absolute Gasteiger partial charge is 0.411 e. The van der Waals surface area contributed by atoms with Crippen molar-refractivity contribution in [3.63, 3.8) is 0 Å². The fourth-order valence-electron chi connectivity index (χ4n) is 3.07. The molecule has 1 saturated heterocycles. The number of carbonyl (C=O) groups excluding carboxylic acids is 1. The van der Waals surface area contributed by atoms with Crippen molar-refractivity contribution in [3.05, 3.63) is 35.9 Å². The van der Waals surface area contributed by atoms with Gasteiger partial charge in [0.15, 0.2) is 0 Å². The van der Waals surface area contributed by atoms with Crippen molar-refractivity contribution in [2.75, 3.05) is 0 Å². The van der Waals surface area contributed by atoms with Crippen molar-refractivity contribution in [1.29, 1.82) is 0 Å². The third kappa shape index (κ3) is 3.78. The number of carbonyl (C=O) groups is 1. The molecule has 0 spiro atoms. The molecule has 3 nitrogen and oxygen atoms in total. The van der Waals surface area contributed by atoms with E-state index in [1.807, 2.05) is 43.9 Å². The third-order valence-electron chi connectivity index (χ3n) is 3.99. The molecule has 1 fully saturated rings. The maximum Gasteiger partial charge on any atom is 0.411 e. The van der Waals surface area contributed by atoms with Gasteiger partial charge in [-0.25, -0.2) is 4.79 Å². The van der Waals surface area contributed by atoms with Gasteiger partial charge in [-0.1, -0.05) is 44.2 Å². The van der Waals surface area contributed by atoms with Gasteiger partial charge in [-0.15, -0.1) is 0 Å². The molecular formula is C18H27NO2. The molecule has 3 heteroatoms. The molecule has 2 rings (SSSR count). The average molecular weight is 289 g/mol. The summed E-state index contributed by atoms with van der Waals surface area (Å²) in [4.78, 5) is 14.6. The maximum absolute atomic E-state index is 12.7. The minimum Gasteiger partial charge on any atom is -0.444 e. The van der Waals surface area contributed by atoms with Crippen LogP contribution in [0, 0.1) is 5.92 Å². The van der Waals surface area contributed by atoms with Crippen molar-refractivity contribution >= 4 is 6.09 Å². The Morgan fingerprint density at radius 3 is 2.33 bits per heavy atom. The zero-order valence-corrected chi connectivity index (χ0v) is 13.8. The van der Waals surface area contributed by atoms with Gasteiger partial charge >= 0.3 is 6.09 Å². The Morgan fingerprint density at radius 1 is 1.19 bits per heavy atom. The van der Waals surface area contributed by atoms with Crippen molar-refractivity contribution in [3.8, 4) is 0 Å². The normalized spacial score (nSPS) is 22.7. The Labute approximate surface area is 128 Å². The first-order valence-corrected chi connectivity index (χ1v) is 7.86. The van der Waals surface area contributed by atoms with E-state index in [4.69, 9.17) is 4.74 Å². The summed E-state index contributed by atoms with van der Waals surface area (Å²) in [5.74, 6) is 0.436. The second kappa shape index (κ2) is 6.08. The summed E-state index contributed by atoms with van der Waals surface area (Å²) in [6, 6.07) is 10.7. The fourth-order valence-corrected chi connectivity index (χ4v) is 3.07. The standard InChI is InChI=1S/C18H27NO2/c1-13(2)15-11-12-16(14-9-7-6-8-10-14)19(15)17(20)21-18(3,4)5/h6-10,13,15-16H,11-12H2,1-5H3/t15-,16+/m1/s1. The number of amides is 1. The van der Waals surface area contributed by atoms with E-state index in [-0.39, 0.29) is 18.2 Å². The van der Waals surface area contributed by atoms with Crippen LogP contribution in [0.25, 0.3) is 0 Å². The number of hydrogen-bond acceptors (Lipinski definition) is 2. The van der Waals surface area contributed by atoms with E-state index in [0.717, 1.165) is 12.8 Å². The van der Waals surface area contributed by atoms with Crippen LogP contribution in [0.5, 0.6) is 0 Å². The van der Waals surface area contributed by atoms with Gasteiger partial charge in [-0.3, -0.25) is 4.90 Å². The molecule has 0 N–H and O–H groups in total. The van der Waals surface area contributed by atoms with E-state index in [1.54, 1.807) is 0 Å². The van der Waals surface area contributed by atoms with E-state index in [0.29, 0.717) is 5.92 Å². The second-order valence-corrected chi connectivity index (χ2v) is 7.20. The Morgan fingerprint density at radius 2 is 1.81 bits per heavy atom. The van der Waals surface area contributed by atoms with E-state index in [1.165, 1.54) is 5.56 Å². The molecule has 0 bridgehead atoms. The summed E-state index contributed by atoms with van der Waals surface area (Å²) in [5.41, 5.74) is 0.745. The topological polar surface area (TPSA) is 29.5 Å². The van der Waals surface area contributed by atoms with Gasteiger partial charge in [0.1, 0.15) is 5.60 Å². The minimum absolute atomic E-state index is 0.133. The molecule has 1 heterocycles. The SMILES string of the molecule is CC(C)[C@H]1CC[C@@H](c2ccccc2)N1C(=O)OC(C)(C)C. The molecule has 0 unspecified atom stereocenters. The van der Waals surface area contributed by atoms with Crippen LogP contribution in [0.3, 0.4) is 0 Å². The third-order valence-corrected chi connectivity index (χ3v) is 3.99. The number of nitrogens with zero attached hydrogens (tertiary/aromatic N) is 1. The average Bonchev–Trinajstić information content (AvgIpc) is 2.82. The Kier molecular flexibility index (Phi) is 4.60. The fraction of sp³-hybridized carbons (Fsp3) is 0.611. The first-order chi connectivity index (χ1) is 9.79. The molecule has 0 aliphatic carbocycles. The van der Waals surface area contributed by atoms with Crippen LogP contribution in [0.15, 0.2) is 30.3 Å². The highest BCUT2D eigenvalue weighted by Crippen LogP contribution is 2.39. The lowest BCUT2D eigenvalue weighted by Gasteiger charge is -2.34. The Hall–Kier alpha value is -1.51. The van der Waals surface area contributed by atoms with Gasteiger partial charge in [0.05, 0.1) is 6.04 Å². The van der Waals surface area contributed by atoms with Crippen LogP contribution in [0.1, 0.15) is 59.1 Å². The van der Waals surface area contributed by atoms with Gasteiger partial charge in [-0.05, 0) is 45.1 Å². The molecule has 0 radical (unpaired) electrons. The Balaban J connectivity index is 2.27. The lowest BCUT2D eigenvalue weighted by Crippen LogP contribution is -2.43. The molecule has 21 heavy (non-hydrogen) atoms. The van der Waals surface area contributed by atoms with Crippen LogP contribution in [-0.4, -0.2) is 22.6 Å². The van der Waals surface area contributed by atoms with E-state index in [9.17, 15) is 4.79 Å². The van der Waals surface area contributed by atoms with E-state index < -0.39 is 5.60 Å². The number of hydrogen-bond donors (Lipinski definition) is 0. The van der Waals surface area contributed by atoms with E-state index in [2.05, 4.69) is 26.0 Å². The zero-order valence-electron chi connectivity index (χ0n) is 13.8. The Bertz CT molecular complexity index is 476. The van der Waals surface area contributed by atoms with Crippen LogP contribution < -0.4 is 0 Å². The van der Waals surface area contributed by atoms with Crippen LogP contribution in [0.2, 0.25) is 0 Å². The molecular weight excluding hydrogens is 262 g/mol. The van der Waals surface area contributed by atoms with Crippen LogP contribution in [-0.2, 0) is 4.74 Å². The molecule has 0 saturated carbocycles. The molecule has 1 aromatic carbocycles. The monoisotopic (exact) mass is 289 g/mol. The highest BCUT2D eigenvalue weighted by Gasteiger charge is 2.41. The van der Waals surface area contributed by atoms with Crippen molar-refractivity contribution < 1.29 is 9.53 Å². The van der Waals surface area contributed by atoms with Gasteiger partial charge in [0, 0.05) is 6.04 Å². The van der Waals surface area contributed by atoms with Crippen molar-refractivity contribution in [2.24, 2.45) is 5.92 Å². The van der Waals surface area contributed by atoms with Crippen LogP contribution in [0.4, 0.5) is 4.79 Å².